The van der Waals surface area contributed by atoms with E-state index >= 15 is 0 Å². The Hall–Kier alpha value is -3.50. The van der Waals surface area contributed by atoms with E-state index in [1.54, 1.807) is 36.6 Å². The molecule has 0 saturated heterocycles. The number of thiazole rings is 1. The Morgan fingerprint density at radius 2 is 1.85 bits per heavy atom. The maximum atomic E-state index is 13.9. The van der Waals surface area contributed by atoms with E-state index in [1.807, 2.05) is 31.2 Å². The Morgan fingerprint density at radius 1 is 1.15 bits per heavy atom. The van der Waals surface area contributed by atoms with Gasteiger partial charge < -0.3 is 14.2 Å². The lowest BCUT2D eigenvalue weighted by Crippen LogP contribution is -2.39. The van der Waals surface area contributed by atoms with E-state index in [0.29, 0.717) is 48.9 Å². The van der Waals surface area contributed by atoms with Gasteiger partial charge in [0, 0.05) is 6.92 Å². The Kier molecular flexibility index (Phi) is 9.10. The third kappa shape index (κ3) is 5.97. The number of allylic oxidation sites excluding steroid dienone is 1. The Labute approximate surface area is 244 Å². The van der Waals surface area contributed by atoms with Crippen molar-refractivity contribution in [3.63, 3.8) is 0 Å². The number of hydrogen-bond acceptors (Lipinski definition) is 8. The highest BCUT2D eigenvalue weighted by molar-refractivity contribution is 9.10. The van der Waals surface area contributed by atoms with Crippen LogP contribution in [0.4, 0.5) is 0 Å². The monoisotopic (exact) mass is 626 g/mol. The van der Waals surface area contributed by atoms with Crippen LogP contribution in [0, 0.1) is 0 Å². The molecule has 1 atom stereocenters. The summed E-state index contributed by atoms with van der Waals surface area (Å²) in [4.78, 5) is 43.8. The maximum Gasteiger partial charge on any atom is 0.338 e. The van der Waals surface area contributed by atoms with Crippen LogP contribution >= 0.6 is 27.3 Å². The minimum absolute atomic E-state index is 0.208. The number of carbonyl (C=O) groups excluding carboxylic acids is 2. The number of aromatic nitrogens is 1. The summed E-state index contributed by atoms with van der Waals surface area (Å²) in [7, 11) is 0. The third-order valence-electron chi connectivity index (χ3n) is 6.31. The van der Waals surface area contributed by atoms with Gasteiger partial charge in [-0.15, -0.1) is 0 Å². The second-order valence-electron chi connectivity index (χ2n) is 9.48. The average Bonchev–Trinajstić information content (AvgIpc) is 3.19. The number of carbonyl (C=O) groups is 2. The van der Waals surface area contributed by atoms with E-state index in [1.165, 1.54) is 18.3 Å². The van der Waals surface area contributed by atoms with Crippen molar-refractivity contribution in [3.8, 4) is 11.5 Å². The quantitative estimate of drug-likeness (QED) is 0.258. The van der Waals surface area contributed by atoms with Gasteiger partial charge >= 0.3 is 11.9 Å². The van der Waals surface area contributed by atoms with Crippen molar-refractivity contribution in [2.45, 2.75) is 53.5 Å². The van der Waals surface area contributed by atoms with Gasteiger partial charge in [0.2, 0.25) is 0 Å². The number of benzene rings is 2. The number of ether oxygens (including phenoxy) is 3. The zero-order chi connectivity index (χ0) is 29.1. The SMILES string of the molecule is CCOC(=O)C1=C(C)N=c2s/c(=C\c3cc(Br)c(OC(C)=O)c(OCC)c3)c(=O)n2[C@H]1c1ccc(C(C)C)cc1. The molecular formula is C30H31BrN2O6S. The van der Waals surface area contributed by atoms with E-state index < -0.39 is 18.0 Å². The lowest BCUT2D eigenvalue weighted by molar-refractivity contribution is -0.139. The van der Waals surface area contributed by atoms with Crippen LogP contribution in [0.2, 0.25) is 0 Å². The summed E-state index contributed by atoms with van der Waals surface area (Å²) in [5.74, 6) is 0.00683. The molecule has 0 aliphatic carbocycles. The van der Waals surface area contributed by atoms with Crippen LogP contribution in [0.5, 0.6) is 11.5 Å². The maximum absolute atomic E-state index is 13.9. The predicted octanol–water partition coefficient (Wildman–Crippen LogP) is 5.01. The molecule has 0 radical (unpaired) electrons. The number of fused-ring (bicyclic) bond motifs is 1. The fourth-order valence-corrected chi connectivity index (χ4v) is 6.09. The smallest absolute Gasteiger partial charge is 0.338 e. The minimum Gasteiger partial charge on any atom is -0.490 e. The molecular weight excluding hydrogens is 596 g/mol. The van der Waals surface area contributed by atoms with Gasteiger partial charge in [-0.3, -0.25) is 14.2 Å². The molecule has 0 saturated carbocycles. The number of nitrogens with zero attached hydrogens (tertiary/aromatic N) is 2. The van der Waals surface area contributed by atoms with Gasteiger partial charge in [-0.25, -0.2) is 9.79 Å². The Morgan fingerprint density at radius 3 is 2.45 bits per heavy atom. The fraction of sp³-hybridized carbons (Fsp3) is 0.333. The van der Waals surface area contributed by atoms with Gasteiger partial charge in [0.15, 0.2) is 16.3 Å². The summed E-state index contributed by atoms with van der Waals surface area (Å²) in [6.45, 7) is 11.4. The lowest BCUT2D eigenvalue weighted by atomic mass is 9.93. The van der Waals surface area contributed by atoms with Crippen LogP contribution in [-0.4, -0.2) is 29.7 Å². The first-order valence-electron chi connectivity index (χ1n) is 13.0. The van der Waals surface area contributed by atoms with Gasteiger partial charge in [-0.05, 0) is 77.5 Å². The lowest BCUT2D eigenvalue weighted by Gasteiger charge is -2.25. The Balaban J connectivity index is 1.91. The molecule has 0 unspecified atom stereocenters. The highest BCUT2D eigenvalue weighted by Gasteiger charge is 2.33. The molecule has 0 spiro atoms. The molecule has 0 bridgehead atoms. The first-order valence-corrected chi connectivity index (χ1v) is 14.6. The minimum atomic E-state index is -0.685. The summed E-state index contributed by atoms with van der Waals surface area (Å²) in [5.41, 5.74) is 3.18. The predicted molar refractivity (Wildman–Crippen MR) is 158 cm³/mol. The third-order valence-corrected chi connectivity index (χ3v) is 7.88. The molecule has 2 aromatic carbocycles. The fourth-order valence-electron chi connectivity index (χ4n) is 4.50. The van der Waals surface area contributed by atoms with E-state index in [4.69, 9.17) is 14.2 Å². The molecule has 8 nitrogen and oxygen atoms in total. The highest BCUT2D eigenvalue weighted by Crippen LogP contribution is 2.37. The second kappa shape index (κ2) is 12.3. The second-order valence-corrected chi connectivity index (χ2v) is 11.3. The number of halogens is 1. The largest absolute Gasteiger partial charge is 0.490 e. The van der Waals surface area contributed by atoms with E-state index in [0.717, 1.165) is 11.1 Å². The molecule has 1 aliphatic heterocycles. The van der Waals surface area contributed by atoms with E-state index in [9.17, 15) is 14.4 Å². The van der Waals surface area contributed by atoms with Crippen molar-refractivity contribution in [1.29, 1.82) is 0 Å². The van der Waals surface area contributed by atoms with Crippen molar-refractivity contribution in [3.05, 3.63) is 88.5 Å². The van der Waals surface area contributed by atoms with Crippen molar-refractivity contribution in [2.75, 3.05) is 13.2 Å². The number of esters is 2. The summed E-state index contributed by atoms with van der Waals surface area (Å²) in [5, 5.41) is 0. The number of hydrogen-bond donors (Lipinski definition) is 0. The molecule has 0 fully saturated rings. The molecule has 3 aromatic rings. The van der Waals surface area contributed by atoms with Crippen molar-refractivity contribution in [1.82, 2.24) is 4.57 Å². The van der Waals surface area contributed by atoms with Crippen molar-refractivity contribution < 1.29 is 23.8 Å². The average molecular weight is 628 g/mol. The standard InChI is InChI=1S/C30H31BrN2O6S/c1-7-37-23-14-19(13-22(31)27(23)39-18(6)34)15-24-28(35)33-26(21-11-9-20(10-12-21)16(3)4)25(29(36)38-8-2)17(5)32-30(33)40-24/h9-16,26H,7-8H2,1-6H3/b24-15-/t26-/m0/s1. The highest BCUT2D eigenvalue weighted by atomic mass is 79.9. The zero-order valence-electron chi connectivity index (χ0n) is 23.2. The summed E-state index contributed by atoms with van der Waals surface area (Å²) < 4.78 is 18.9. The van der Waals surface area contributed by atoms with Gasteiger partial charge in [0.1, 0.15) is 0 Å². The van der Waals surface area contributed by atoms with Crippen LogP contribution in [0.25, 0.3) is 6.08 Å². The van der Waals surface area contributed by atoms with Crippen LogP contribution in [0.3, 0.4) is 0 Å². The van der Waals surface area contributed by atoms with Gasteiger partial charge in [0.25, 0.3) is 5.56 Å². The molecule has 1 aromatic heterocycles. The zero-order valence-corrected chi connectivity index (χ0v) is 25.6. The molecule has 4 rings (SSSR count). The molecule has 10 heteroatoms. The van der Waals surface area contributed by atoms with Gasteiger partial charge in [-0.2, -0.15) is 0 Å². The number of rotatable bonds is 8. The topological polar surface area (TPSA) is 96.2 Å². The Bertz CT molecular complexity index is 1670. The molecule has 0 amide bonds. The van der Waals surface area contributed by atoms with Crippen LogP contribution < -0.4 is 24.4 Å². The van der Waals surface area contributed by atoms with Crippen molar-refractivity contribution >= 4 is 45.3 Å². The molecule has 2 heterocycles. The van der Waals surface area contributed by atoms with Crippen molar-refractivity contribution in [2.24, 2.45) is 4.99 Å². The van der Waals surface area contributed by atoms with Gasteiger partial charge in [-0.1, -0.05) is 49.4 Å². The van der Waals surface area contributed by atoms with Crippen LogP contribution in [-0.2, 0) is 14.3 Å². The first-order chi connectivity index (χ1) is 19.0. The molecule has 40 heavy (non-hydrogen) atoms. The van der Waals surface area contributed by atoms with Crippen LogP contribution in [0.15, 0.2) is 61.9 Å². The summed E-state index contributed by atoms with van der Waals surface area (Å²) >= 11 is 4.69. The van der Waals surface area contributed by atoms with E-state index in [2.05, 4.69) is 34.8 Å². The van der Waals surface area contributed by atoms with Gasteiger partial charge in [0.05, 0.1) is 39.5 Å². The summed E-state index contributed by atoms with van der Waals surface area (Å²) in [6, 6.07) is 10.7. The van der Waals surface area contributed by atoms with Crippen LogP contribution in [0.1, 0.15) is 70.2 Å². The first kappa shape index (κ1) is 29.5. The summed E-state index contributed by atoms with van der Waals surface area (Å²) in [6.07, 6.45) is 1.73. The van der Waals surface area contributed by atoms with E-state index in [-0.39, 0.29) is 17.9 Å². The molecule has 0 N–H and O–H groups in total. The molecule has 210 valence electrons. The normalized spacial score (nSPS) is 15.1. The molecule has 1 aliphatic rings.